The van der Waals surface area contributed by atoms with Crippen LogP contribution in [0.4, 0.5) is 10.1 Å². The minimum atomic E-state index is -3.32. The fourth-order valence-corrected chi connectivity index (χ4v) is 7.32. The number of rotatable bonds is 3. The van der Waals surface area contributed by atoms with Gasteiger partial charge in [0.05, 0.1) is 21.7 Å². The lowest BCUT2D eigenvalue weighted by Gasteiger charge is -2.39. The Morgan fingerprint density at radius 1 is 1.11 bits per heavy atom. The molecule has 2 aromatic carbocycles. The molecule has 0 spiro atoms. The van der Waals surface area contributed by atoms with E-state index >= 15 is 0 Å². The molecular weight excluding hydrogens is 465 g/mol. The summed E-state index contributed by atoms with van der Waals surface area (Å²) in [5, 5.41) is 8.95. The van der Waals surface area contributed by atoms with Gasteiger partial charge in [0.2, 0.25) is 5.91 Å². The molecule has 1 aromatic heterocycles. The van der Waals surface area contributed by atoms with Crippen LogP contribution in [0.25, 0.3) is 11.3 Å². The fraction of sp³-hybridized carbons (Fsp3) is 0.370. The molecule has 180 valence electrons. The third-order valence-electron chi connectivity index (χ3n) is 8.52. The standard InChI is InChI=1S/C27H26FN3O3S/c1-26(2)20-10-12-27(26,24-19(20)15-22(29-30-24)18-6-4-5-7-21(18)28)25(32)31-13-11-16-14-17(35(3,33)34)8-9-23(16)31/h4-9,14-15,20H,10-13H2,1-3H3/t20-,27+/m0/s1. The second-order valence-corrected chi connectivity index (χ2v) is 12.5. The molecule has 3 aliphatic rings. The van der Waals surface area contributed by atoms with Gasteiger partial charge in [0.25, 0.3) is 0 Å². The van der Waals surface area contributed by atoms with Gasteiger partial charge in [-0.15, -0.1) is 0 Å². The Bertz CT molecular complexity index is 1520. The van der Waals surface area contributed by atoms with Crippen LogP contribution in [-0.4, -0.2) is 37.3 Å². The number of halogens is 1. The molecule has 0 radical (unpaired) electrons. The van der Waals surface area contributed by atoms with Gasteiger partial charge in [0.1, 0.15) is 5.82 Å². The quantitative estimate of drug-likeness (QED) is 0.542. The van der Waals surface area contributed by atoms with Crippen LogP contribution >= 0.6 is 0 Å². The highest BCUT2D eigenvalue weighted by Gasteiger charge is 2.68. The molecule has 6 rings (SSSR count). The second kappa shape index (κ2) is 7.20. The second-order valence-electron chi connectivity index (χ2n) is 10.5. The van der Waals surface area contributed by atoms with E-state index in [0.29, 0.717) is 36.3 Å². The first-order valence-electron chi connectivity index (χ1n) is 11.8. The van der Waals surface area contributed by atoms with E-state index < -0.39 is 15.3 Å². The Morgan fingerprint density at radius 2 is 1.89 bits per heavy atom. The third kappa shape index (κ3) is 2.92. The molecule has 2 heterocycles. The van der Waals surface area contributed by atoms with Gasteiger partial charge in [-0.1, -0.05) is 26.0 Å². The molecule has 1 fully saturated rings. The highest BCUT2D eigenvalue weighted by molar-refractivity contribution is 7.90. The van der Waals surface area contributed by atoms with Gasteiger partial charge >= 0.3 is 0 Å². The van der Waals surface area contributed by atoms with E-state index in [1.807, 2.05) is 6.07 Å². The summed E-state index contributed by atoms with van der Waals surface area (Å²) in [5.74, 6) is -0.239. The molecule has 1 aliphatic heterocycles. The van der Waals surface area contributed by atoms with E-state index in [0.717, 1.165) is 23.2 Å². The van der Waals surface area contributed by atoms with Crippen LogP contribution in [0.3, 0.4) is 0 Å². The maximum Gasteiger partial charge on any atom is 0.239 e. The van der Waals surface area contributed by atoms with Crippen molar-refractivity contribution in [3.8, 4) is 11.3 Å². The lowest BCUT2D eigenvalue weighted by atomic mass is 9.67. The topological polar surface area (TPSA) is 80.2 Å². The smallest absolute Gasteiger partial charge is 0.239 e. The molecule has 0 saturated heterocycles. The number of hydrogen-bond donors (Lipinski definition) is 0. The summed E-state index contributed by atoms with van der Waals surface area (Å²) in [4.78, 5) is 16.4. The SMILES string of the molecule is CC1(C)[C@H]2CC[C@]1(C(=O)N1CCc3cc(S(C)(=O)=O)ccc31)c1nnc(-c3ccccc3F)cc12. The Kier molecular flexibility index (Phi) is 4.59. The number of carbonyl (C=O) groups excluding carboxylic acids is 1. The molecule has 2 aliphatic carbocycles. The van der Waals surface area contributed by atoms with Crippen molar-refractivity contribution in [3.05, 3.63) is 71.2 Å². The first-order chi connectivity index (χ1) is 16.6. The molecule has 0 N–H and O–H groups in total. The summed E-state index contributed by atoms with van der Waals surface area (Å²) >= 11 is 0. The minimum Gasteiger partial charge on any atom is -0.311 e. The van der Waals surface area contributed by atoms with Crippen LogP contribution < -0.4 is 4.90 Å². The van der Waals surface area contributed by atoms with Crippen molar-refractivity contribution in [2.75, 3.05) is 17.7 Å². The summed E-state index contributed by atoms with van der Waals surface area (Å²) in [5.41, 5.74) is 2.98. The van der Waals surface area contributed by atoms with Crippen molar-refractivity contribution in [2.24, 2.45) is 5.41 Å². The zero-order chi connectivity index (χ0) is 24.8. The highest BCUT2D eigenvalue weighted by Crippen LogP contribution is 2.68. The predicted molar refractivity (Wildman–Crippen MR) is 130 cm³/mol. The van der Waals surface area contributed by atoms with Crippen LogP contribution in [0.15, 0.2) is 53.4 Å². The van der Waals surface area contributed by atoms with Crippen LogP contribution in [0, 0.1) is 11.2 Å². The van der Waals surface area contributed by atoms with Gasteiger partial charge in [0, 0.05) is 24.1 Å². The van der Waals surface area contributed by atoms with Crippen molar-refractivity contribution < 1.29 is 17.6 Å². The number of amides is 1. The number of sulfone groups is 1. The highest BCUT2D eigenvalue weighted by atomic mass is 32.2. The van der Waals surface area contributed by atoms with Gasteiger partial charge < -0.3 is 4.90 Å². The number of nitrogens with zero attached hydrogens (tertiary/aromatic N) is 3. The molecule has 0 unspecified atom stereocenters. The molecule has 1 amide bonds. The van der Waals surface area contributed by atoms with E-state index in [1.165, 1.54) is 12.3 Å². The van der Waals surface area contributed by atoms with Gasteiger partial charge in [-0.25, -0.2) is 12.8 Å². The van der Waals surface area contributed by atoms with Crippen LogP contribution in [0.2, 0.25) is 0 Å². The zero-order valence-electron chi connectivity index (χ0n) is 19.9. The molecule has 1 saturated carbocycles. The number of anilines is 1. The molecule has 6 nitrogen and oxygen atoms in total. The van der Waals surface area contributed by atoms with E-state index in [2.05, 4.69) is 24.0 Å². The molecule has 3 aromatic rings. The van der Waals surface area contributed by atoms with Crippen molar-refractivity contribution in [3.63, 3.8) is 0 Å². The molecule has 2 bridgehead atoms. The Hall–Kier alpha value is -3.13. The summed E-state index contributed by atoms with van der Waals surface area (Å²) in [6.07, 6.45) is 3.32. The lowest BCUT2D eigenvalue weighted by Crippen LogP contribution is -2.51. The fourth-order valence-electron chi connectivity index (χ4n) is 6.65. The van der Waals surface area contributed by atoms with Gasteiger partial charge in [-0.2, -0.15) is 10.2 Å². The average Bonchev–Trinajstić information content (AvgIpc) is 3.42. The van der Waals surface area contributed by atoms with Crippen molar-refractivity contribution in [1.82, 2.24) is 10.2 Å². The summed E-state index contributed by atoms with van der Waals surface area (Å²) < 4.78 is 38.5. The monoisotopic (exact) mass is 491 g/mol. The summed E-state index contributed by atoms with van der Waals surface area (Å²) in [6, 6.07) is 13.4. The Labute approximate surface area is 204 Å². The van der Waals surface area contributed by atoms with Gasteiger partial charge in [-0.3, -0.25) is 4.79 Å². The van der Waals surface area contributed by atoms with Crippen LogP contribution in [-0.2, 0) is 26.5 Å². The first-order valence-corrected chi connectivity index (χ1v) is 13.7. The molecule has 2 atom stereocenters. The van der Waals surface area contributed by atoms with Crippen molar-refractivity contribution >= 4 is 21.4 Å². The largest absolute Gasteiger partial charge is 0.311 e. The number of carbonyl (C=O) groups is 1. The number of benzene rings is 2. The molecular formula is C27H26FN3O3S. The maximum absolute atomic E-state index is 14.5. The van der Waals surface area contributed by atoms with Crippen LogP contribution in [0.1, 0.15) is 49.4 Å². The first kappa shape index (κ1) is 22.3. The minimum absolute atomic E-state index is 0.0115. The predicted octanol–water partition coefficient (Wildman–Crippen LogP) is 4.43. The molecule has 8 heteroatoms. The average molecular weight is 492 g/mol. The maximum atomic E-state index is 14.5. The summed E-state index contributed by atoms with van der Waals surface area (Å²) in [6.45, 7) is 4.74. The van der Waals surface area contributed by atoms with Gasteiger partial charge in [0.15, 0.2) is 9.84 Å². The van der Waals surface area contributed by atoms with E-state index in [1.54, 1.807) is 41.3 Å². The summed E-state index contributed by atoms with van der Waals surface area (Å²) in [7, 11) is -3.32. The van der Waals surface area contributed by atoms with E-state index in [4.69, 9.17) is 0 Å². The van der Waals surface area contributed by atoms with Crippen LogP contribution in [0.5, 0.6) is 0 Å². The Balaban J connectivity index is 1.44. The van der Waals surface area contributed by atoms with Crippen molar-refractivity contribution in [2.45, 2.75) is 49.3 Å². The number of fused-ring (bicyclic) bond motifs is 6. The number of hydrogen-bond acceptors (Lipinski definition) is 5. The Morgan fingerprint density at radius 3 is 2.63 bits per heavy atom. The lowest BCUT2D eigenvalue weighted by molar-refractivity contribution is -0.127. The zero-order valence-corrected chi connectivity index (χ0v) is 20.7. The third-order valence-corrected chi connectivity index (χ3v) is 9.63. The van der Waals surface area contributed by atoms with E-state index in [9.17, 15) is 17.6 Å². The normalized spacial score (nSPS) is 23.9. The van der Waals surface area contributed by atoms with E-state index in [-0.39, 0.29) is 28.0 Å². The van der Waals surface area contributed by atoms with Gasteiger partial charge in [-0.05, 0) is 78.1 Å². The molecule has 35 heavy (non-hydrogen) atoms. The number of aromatic nitrogens is 2. The van der Waals surface area contributed by atoms with Crippen molar-refractivity contribution in [1.29, 1.82) is 0 Å².